The van der Waals surface area contributed by atoms with Crippen molar-refractivity contribution < 1.29 is 14.3 Å². The van der Waals surface area contributed by atoms with Gasteiger partial charge in [-0.1, -0.05) is 11.6 Å². The van der Waals surface area contributed by atoms with E-state index in [0.717, 1.165) is 56.8 Å². The zero-order chi connectivity index (χ0) is 22.2. The molecule has 1 atom stereocenters. The third-order valence-electron chi connectivity index (χ3n) is 6.12. The molecule has 0 bridgehead atoms. The van der Waals surface area contributed by atoms with Crippen LogP contribution in [0.4, 0.5) is 11.4 Å². The van der Waals surface area contributed by atoms with Gasteiger partial charge in [-0.05, 0) is 36.6 Å². The topological polar surface area (TPSA) is 99.7 Å². The lowest BCUT2D eigenvalue weighted by atomic mass is 10.1. The number of carbonyl (C=O) groups excluding carboxylic acids is 2. The number of anilines is 2. The molecule has 2 aromatic heterocycles. The van der Waals surface area contributed by atoms with Crippen molar-refractivity contribution in [2.24, 2.45) is 5.92 Å². The predicted octanol–water partition coefficient (Wildman–Crippen LogP) is 1.92. The molecule has 1 aliphatic carbocycles. The normalized spacial score (nSPS) is 20.9. The maximum Gasteiger partial charge on any atom is 0.269 e. The number of aromatic nitrogens is 2. The summed E-state index contributed by atoms with van der Waals surface area (Å²) in [5, 5.41) is 5.84. The summed E-state index contributed by atoms with van der Waals surface area (Å²) < 4.78 is 5.83. The van der Waals surface area contributed by atoms with Gasteiger partial charge < -0.3 is 20.3 Å². The number of hydrogen-bond donors (Lipinski definition) is 2. The average Bonchev–Trinajstić information content (AvgIpc) is 3.64. The maximum atomic E-state index is 12.3. The molecule has 1 unspecified atom stereocenters. The molecule has 1 saturated carbocycles. The van der Waals surface area contributed by atoms with Gasteiger partial charge in [-0.2, -0.15) is 0 Å². The van der Waals surface area contributed by atoms with Crippen LogP contribution in [0.25, 0.3) is 0 Å². The van der Waals surface area contributed by atoms with Crippen molar-refractivity contribution in [2.45, 2.75) is 25.5 Å². The fourth-order valence-electron chi connectivity index (χ4n) is 4.17. The Morgan fingerprint density at radius 1 is 1.28 bits per heavy atom. The molecule has 2 fully saturated rings. The number of pyridine rings is 2. The first-order valence-electron chi connectivity index (χ1n) is 10.8. The number of fused-ring (bicyclic) bond motifs is 1. The highest BCUT2D eigenvalue weighted by Crippen LogP contribution is 2.39. The summed E-state index contributed by atoms with van der Waals surface area (Å²) in [5.41, 5.74) is 2.82. The van der Waals surface area contributed by atoms with E-state index in [9.17, 15) is 9.59 Å². The van der Waals surface area contributed by atoms with Crippen molar-refractivity contribution in [1.82, 2.24) is 20.2 Å². The van der Waals surface area contributed by atoms with E-state index in [1.54, 1.807) is 13.1 Å². The van der Waals surface area contributed by atoms with E-state index >= 15 is 0 Å². The number of nitrogens with zero attached hydrogens (tertiary/aromatic N) is 4. The molecule has 2 amide bonds. The summed E-state index contributed by atoms with van der Waals surface area (Å²) in [6.07, 6.45) is 3.50. The highest BCUT2D eigenvalue weighted by atomic mass is 35.5. The average molecular weight is 457 g/mol. The fourth-order valence-corrected chi connectivity index (χ4v) is 4.45. The second-order valence-corrected chi connectivity index (χ2v) is 8.77. The molecule has 168 valence electrons. The van der Waals surface area contributed by atoms with Gasteiger partial charge in [0.25, 0.3) is 11.8 Å². The number of piperazine rings is 1. The summed E-state index contributed by atoms with van der Waals surface area (Å²) in [6, 6.07) is 5.49. The summed E-state index contributed by atoms with van der Waals surface area (Å²) in [4.78, 5) is 37.2. The van der Waals surface area contributed by atoms with E-state index in [1.807, 2.05) is 18.3 Å². The Kier molecular flexibility index (Phi) is 5.60. The summed E-state index contributed by atoms with van der Waals surface area (Å²) in [5.74, 6) is 0.508. The minimum Gasteiger partial charge on any atom is -0.462 e. The monoisotopic (exact) mass is 456 g/mol. The number of halogens is 1. The third-order valence-corrected chi connectivity index (χ3v) is 6.40. The van der Waals surface area contributed by atoms with Crippen LogP contribution in [0, 0.1) is 5.92 Å². The molecule has 0 spiro atoms. The van der Waals surface area contributed by atoms with E-state index < -0.39 is 6.10 Å². The van der Waals surface area contributed by atoms with Crippen LogP contribution >= 0.6 is 11.6 Å². The number of carbonyl (C=O) groups is 2. The number of ether oxygens (including phenoxy) is 1. The SMILES string of the molecule is CNC(=O)c1ccc(N2CCN(Cc3cnc4c(c3)NC(=O)C(C3CC3)O4)CC2)c(Cl)n1. The zero-order valence-electron chi connectivity index (χ0n) is 17.8. The second-order valence-electron chi connectivity index (χ2n) is 8.41. The summed E-state index contributed by atoms with van der Waals surface area (Å²) in [7, 11) is 1.56. The number of nitrogens with one attached hydrogen (secondary N) is 2. The molecule has 2 aromatic rings. The molecule has 2 aliphatic heterocycles. The molecule has 0 radical (unpaired) electrons. The molecule has 10 heteroatoms. The van der Waals surface area contributed by atoms with E-state index in [2.05, 4.69) is 30.4 Å². The highest BCUT2D eigenvalue weighted by Gasteiger charge is 2.41. The molecule has 32 heavy (non-hydrogen) atoms. The molecule has 3 aliphatic rings. The van der Waals surface area contributed by atoms with Gasteiger partial charge in [0.05, 0.1) is 5.69 Å². The maximum absolute atomic E-state index is 12.3. The Bertz CT molecular complexity index is 1050. The molecule has 2 N–H and O–H groups in total. The van der Waals surface area contributed by atoms with Crippen LogP contribution in [-0.2, 0) is 11.3 Å². The first-order chi connectivity index (χ1) is 15.5. The van der Waals surface area contributed by atoms with E-state index in [0.29, 0.717) is 28.3 Å². The van der Waals surface area contributed by atoms with Gasteiger partial charge in [0, 0.05) is 51.9 Å². The lowest BCUT2D eigenvalue weighted by molar-refractivity contribution is -0.124. The third kappa shape index (κ3) is 4.22. The fraction of sp³-hybridized carbons (Fsp3) is 0.455. The molecule has 1 saturated heterocycles. The molecule has 5 rings (SSSR count). The van der Waals surface area contributed by atoms with Gasteiger partial charge in [0.2, 0.25) is 5.88 Å². The van der Waals surface area contributed by atoms with Crippen molar-refractivity contribution in [2.75, 3.05) is 43.4 Å². The van der Waals surface area contributed by atoms with Crippen molar-refractivity contribution in [3.8, 4) is 5.88 Å². The van der Waals surface area contributed by atoms with Gasteiger partial charge in [-0.3, -0.25) is 14.5 Å². The van der Waals surface area contributed by atoms with Gasteiger partial charge in [-0.25, -0.2) is 9.97 Å². The second kappa shape index (κ2) is 8.55. The molecule has 4 heterocycles. The Morgan fingerprint density at radius 2 is 2.06 bits per heavy atom. The number of amides is 2. The first-order valence-corrected chi connectivity index (χ1v) is 11.2. The van der Waals surface area contributed by atoms with E-state index in [-0.39, 0.29) is 11.8 Å². The van der Waals surface area contributed by atoms with Crippen molar-refractivity contribution in [3.05, 3.63) is 40.8 Å². The number of hydrogen-bond acceptors (Lipinski definition) is 7. The Hall–Kier alpha value is -2.91. The molecule has 0 aromatic carbocycles. The van der Waals surface area contributed by atoms with Crippen LogP contribution in [-0.4, -0.2) is 66.0 Å². The van der Waals surface area contributed by atoms with Gasteiger partial charge in [0.1, 0.15) is 11.4 Å². The quantitative estimate of drug-likeness (QED) is 0.663. The molecular formula is C22H25ClN6O3. The van der Waals surface area contributed by atoms with Crippen molar-refractivity contribution >= 4 is 34.8 Å². The van der Waals surface area contributed by atoms with Gasteiger partial charge in [0.15, 0.2) is 11.3 Å². The smallest absolute Gasteiger partial charge is 0.269 e. The largest absolute Gasteiger partial charge is 0.462 e. The molecular weight excluding hydrogens is 432 g/mol. The van der Waals surface area contributed by atoms with E-state index in [4.69, 9.17) is 16.3 Å². The van der Waals surface area contributed by atoms with Crippen LogP contribution < -0.4 is 20.3 Å². The van der Waals surface area contributed by atoms with Crippen LogP contribution in [0.5, 0.6) is 5.88 Å². The Labute approximate surface area is 191 Å². The predicted molar refractivity (Wildman–Crippen MR) is 120 cm³/mol. The van der Waals surface area contributed by atoms with Crippen LogP contribution in [0.3, 0.4) is 0 Å². The minimum absolute atomic E-state index is 0.0690. The number of rotatable bonds is 5. The van der Waals surface area contributed by atoms with Crippen LogP contribution in [0.15, 0.2) is 24.4 Å². The van der Waals surface area contributed by atoms with Crippen molar-refractivity contribution in [1.29, 1.82) is 0 Å². The molecule has 9 nitrogen and oxygen atoms in total. The lowest BCUT2D eigenvalue weighted by Crippen LogP contribution is -2.46. The lowest BCUT2D eigenvalue weighted by Gasteiger charge is -2.36. The summed E-state index contributed by atoms with van der Waals surface area (Å²) >= 11 is 6.34. The van der Waals surface area contributed by atoms with Gasteiger partial charge >= 0.3 is 0 Å². The highest BCUT2D eigenvalue weighted by molar-refractivity contribution is 6.32. The summed E-state index contributed by atoms with van der Waals surface area (Å²) in [6.45, 7) is 4.01. The standard InChI is InChI=1S/C22H25ClN6O3/c1-24-20(30)15-4-5-17(19(23)26-15)29-8-6-28(7-9-29)12-13-10-16-22(25-11-13)32-18(14-2-3-14)21(31)27-16/h4-5,10-11,14,18H,2-3,6-9,12H2,1H3,(H,24,30)(H,27,31). The van der Waals surface area contributed by atoms with Crippen molar-refractivity contribution in [3.63, 3.8) is 0 Å². The van der Waals surface area contributed by atoms with Crippen LogP contribution in [0.1, 0.15) is 28.9 Å². The van der Waals surface area contributed by atoms with E-state index in [1.165, 1.54) is 0 Å². The van der Waals surface area contributed by atoms with Crippen LogP contribution in [0.2, 0.25) is 5.15 Å². The zero-order valence-corrected chi connectivity index (χ0v) is 18.6. The van der Waals surface area contributed by atoms with Gasteiger partial charge in [-0.15, -0.1) is 0 Å². The Balaban J connectivity index is 1.19. The minimum atomic E-state index is -0.402. The Morgan fingerprint density at radius 3 is 2.75 bits per heavy atom. The first kappa shape index (κ1) is 21.0.